The van der Waals surface area contributed by atoms with Gasteiger partial charge in [0, 0.05) is 30.6 Å². The number of para-hydroxylation sites is 1. The number of carbonyl (C=O) groups is 1. The molecule has 2 atom stereocenters. The van der Waals surface area contributed by atoms with E-state index in [1.165, 1.54) is 18.5 Å². The number of hydrogen-bond acceptors (Lipinski definition) is 2. The molecule has 2 saturated heterocycles. The van der Waals surface area contributed by atoms with Gasteiger partial charge < -0.3 is 4.90 Å². The highest BCUT2D eigenvalue weighted by molar-refractivity contribution is 5.83. The summed E-state index contributed by atoms with van der Waals surface area (Å²) in [5.74, 6) is 0.453. The molecule has 0 spiro atoms. The van der Waals surface area contributed by atoms with Gasteiger partial charge in [-0.2, -0.15) is 0 Å². The normalized spacial score (nSPS) is 29.6. The molecule has 2 bridgehead atoms. The molecule has 0 amide bonds. The summed E-state index contributed by atoms with van der Waals surface area (Å²) in [4.78, 5) is 13.9. The molecule has 2 unspecified atom stereocenters. The first-order chi connectivity index (χ1) is 7.34. The predicted octanol–water partition coefficient (Wildman–Crippen LogP) is 2.39. The summed E-state index contributed by atoms with van der Waals surface area (Å²) >= 11 is 0. The number of piperidine rings is 1. The van der Waals surface area contributed by atoms with Gasteiger partial charge in [-0.3, -0.25) is 4.79 Å². The van der Waals surface area contributed by atoms with Crippen LogP contribution in [0.2, 0.25) is 0 Å². The largest absolute Gasteiger partial charge is 0.365 e. The zero-order valence-electron chi connectivity index (χ0n) is 8.73. The van der Waals surface area contributed by atoms with Gasteiger partial charge in [-0.05, 0) is 25.0 Å². The van der Waals surface area contributed by atoms with Gasteiger partial charge in [-0.15, -0.1) is 0 Å². The molecule has 78 valence electrons. The van der Waals surface area contributed by atoms with Crippen LogP contribution in [0.5, 0.6) is 0 Å². The van der Waals surface area contributed by atoms with Crippen molar-refractivity contribution < 1.29 is 4.79 Å². The smallest absolute Gasteiger partial charge is 0.137 e. The molecule has 2 heterocycles. The predicted molar refractivity (Wildman–Crippen MR) is 60.0 cm³/mol. The monoisotopic (exact) mass is 201 g/mol. The summed E-state index contributed by atoms with van der Waals surface area (Å²) in [6, 6.07) is 11.4. The lowest BCUT2D eigenvalue weighted by Gasteiger charge is -2.36. The van der Waals surface area contributed by atoms with Gasteiger partial charge in [0.1, 0.15) is 5.78 Å². The van der Waals surface area contributed by atoms with Crippen LogP contribution in [0, 0.1) is 0 Å². The first kappa shape index (κ1) is 8.96. The molecule has 0 N–H and O–H groups in total. The van der Waals surface area contributed by atoms with Gasteiger partial charge in [0.05, 0.1) is 0 Å². The molecule has 2 aliphatic heterocycles. The third-order valence-electron chi connectivity index (χ3n) is 3.60. The van der Waals surface area contributed by atoms with Crippen LogP contribution in [0.3, 0.4) is 0 Å². The zero-order chi connectivity index (χ0) is 10.3. The topological polar surface area (TPSA) is 20.3 Å². The van der Waals surface area contributed by atoms with E-state index < -0.39 is 0 Å². The second kappa shape index (κ2) is 3.37. The molecule has 1 aromatic rings. The van der Waals surface area contributed by atoms with Crippen molar-refractivity contribution in [2.24, 2.45) is 0 Å². The van der Waals surface area contributed by atoms with Crippen molar-refractivity contribution in [2.75, 3.05) is 4.90 Å². The third kappa shape index (κ3) is 1.44. The van der Waals surface area contributed by atoms with Crippen molar-refractivity contribution in [3.05, 3.63) is 30.3 Å². The van der Waals surface area contributed by atoms with Crippen LogP contribution in [-0.4, -0.2) is 17.9 Å². The molecule has 0 aromatic heterocycles. The maximum Gasteiger partial charge on any atom is 0.137 e. The molecule has 2 aliphatic rings. The van der Waals surface area contributed by atoms with E-state index in [0.29, 0.717) is 17.9 Å². The van der Waals surface area contributed by atoms with Crippen LogP contribution >= 0.6 is 0 Å². The SMILES string of the molecule is O=C1CC2CCC(C1)N2c1ccccc1. The Morgan fingerprint density at radius 2 is 1.60 bits per heavy atom. The number of fused-ring (bicyclic) bond motifs is 2. The van der Waals surface area contributed by atoms with E-state index in [2.05, 4.69) is 29.2 Å². The van der Waals surface area contributed by atoms with Crippen molar-refractivity contribution in [2.45, 2.75) is 37.8 Å². The van der Waals surface area contributed by atoms with E-state index in [9.17, 15) is 4.79 Å². The molecule has 15 heavy (non-hydrogen) atoms. The van der Waals surface area contributed by atoms with E-state index in [1.807, 2.05) is 6.07 Å². The Hall–Kier alpha value is -1.31. The second-order valence-electron chi connectivity index (χ2n) is 4.57. The van der Waals surface area contributed by atoms with Crippen molar-refractivity contribution in [1.82, 2.24) is 0 Å². The Morgan fingerprint density at radius 1 is 1.00 bits per heavy atom. The number of hydrogen-bond donors (Lipinski definition) is 0. The Morgan fingerprint density at radius 3 is 2.20 bits per heavy atom. The van der Waals surface area contributed by atoms with Crippen molar-refractivity contribution in [3.63, 3.8) is 0 Å². The molecular weight excluding hydrogens is 186 g/mol. The first-order valence-electron chi connectivity index (χ1n) is 5.69. The summed E-state index contributed by atoms with van der Waals surface area (Å²) in [6.45, 7) is 0. The Bertz CT molecular complexity index is 357. The number of nitrogens with zero attached hydrogens (tertiary/aromatic N) is 1. The van der Waals surface area contributed by atoms with Gasteiger partial charge >= 0.3 is 0 Å². The van der Waals surface area contributed by atoms with Gasteiger partial charge in [0.25, 0.3) is 0 Å². The molecule has 2 nitrogen and oxygen atoms in total. The Kier molecular flexibility index (Phi) is 2.01. The molecule has 3 rings (SSSR count). The van der Waals surface area contributed by atoms with Crippen molar-refractivity contribution in [1.29, 1.82) is 0 Å². The molecule has 0 aliphatic carbocycles. The summed E-state index contributed by atoms with van der Waals surface area (Å²) in [7, 11) is 0. The van der Waals surface area contributed by atoms with Gasteiger partial charge in [-0.25, -0.2) is 0 Å². The molecular formula is C13H15NO. The lowest BCUT2D eigenvalue weighted by Crippen LogP contribution is -2.43. The maximum absolute atomic E-state index is 11.5. The standard InChI is InChI=1S/C13H15NO/c15-13-8-11-6-7-12(9-13)14(11)10-4-2-1-3-5-10/h1-5,11-12H,6-9H2. The van der Waals surface area contributed by atoms with Crippen molar-refractivity contribution in [3.8, 4) is 0 Å². The lowest BCUT2D eigenvalue weighted by molar-refractivity contribution is -0.120. The maximum atomic E-state index is 11.5. The molecule has 2 fully saturated rings. The minimum Gasteiger partial charge on any atom is -0.365 e. The fourth-order valence-electron chi connectivity index (χ4n) is 2.99. The van der Waals surface area contributed by atoms with E-state index in [0.717, 1.165) is 12.8 Å². The number of Topliss-reactive ketones (excluding diaryl/α,β-unsaturated/α-hetero) is 1. The van der Waals surface area contributed by atoms with E-state index in [4.69, 9.17) is 0 Å². The average Bonchev–Trinajstić information content (AvgIpc) is 2.53. The molecule has 2 heteroatoms. The molecule has 0 radical (unpaired) electrons. The minimum atomic E-state index is 0.453. The third-order valence-corrected chi connectivity index (χ3v) is 3.60. The summed E-state index contributed by atoms with van der Waals surface area (Å²) in [5.41, 5.74) is 1.29. The fourth-order valence-corrected chi connectivity index (χ4v) is 2.99. The summed E-state index contributed by atoms with van der Waals surface area (Å²) in [6.07, 6.45) is 3.88. The van der Waals surface area contributed by atoms with Gasteiger partial charge in [0.15, 0.2) is 0 Å². The van der Waals surface area contributed by atoms with Crippen LogP contribution in [0.4, 0.5) is 5.69 Å². The van der Waals surface area contributed by atoms with E-state index in [1.54, 1.807) is 0 Å². The quantitative estimate of drug-likeness (QED) is 0.695. The Balaban J connectivity index is 1.92. The summed E-state index contributed by atoms with van der Waals surface area (Å²) in [5, 5.41) is 0. The number of ketones is 1. The molecule has 0 saturated carbocycles. The molecule has 1 aromatic carbocycles. The highest BCUT2D eigenvalue weighted by Gasteiger charge is 2.39. The highest BCUT2D eigenvalue weighted by Crippen LogP contribution is 2.37. The Labute approximate surface area is 89.9 Å². The zero-order valence-corrected chi connectivity index (χ0v) is 8.73. The van der Waals surface area contributed by atoms with Crippen LogP contribution < -0.4 is 4.90 Å². The minimum absolute atomic E-state index is 0.453. The van der Waals surface area contributed by atoms with Gasteiger partial charge in [-0.1, -0.05) is 18.2 Å². The van der Waals surface area contributed by atoms with Crippen LogP contribution in [-0.2, 0) is 4.79 Å². The van der Waals surface area contributed by atoms with E-state index >= 15 is 0 Å². The lowest BCUT2D eigenvalue weighted by atomic mass is 10.0. The second-order valence-corrected chi connectivity index (χ2v) is 4.57. The van der Waals surface area contributed by atoms with Gasteiger partial charge in [0.2, 0.25) is 0 Å². The van der Waals surface area contributed by atoms with Crippen LogP contribution in [0.25, 0.3) is 0 Å². The summed E-state index contributed by atoms with van der Waals surface area (Å²) < 4.78 is 0. The number of rotatable bonds is 1. The van der Waals surface area contributed by atoms with E-state index in [-0.39, 0.29) is 0 Å². The van der Waals surface area contributed by atoms with Crippen molar-refractivity contribution >= 4 is 11.5 Å². The number of benzene rings is 1. The van der Waals surface area contributed by atoms with Crippen LogP contribution in [0.15, 0.2) is 30.3 Å². The highest BCUT2D eigenvalue weighted by atomic mass is 16.1. The first-order valence-corrected chi connectivity index (χ1v) is 5.69. The fraction of sp³-hybridized carbons (Fsp3) is 0.462. The van der Waals surface area contributed by atoms with Crippen LogP contribution in [0.1, 0.15) is 25.7 Å². The average molecular weight is 201 g/mol. The number of anilines is 1. The number of carbonyl (C=O) groups excluding carboxylic acids is 1.